The summed E-state index contributed by atoms with van der Waals surface area (Å²) in [5.41, 5.74) is -0.987. The van der Waals surface area contributed by atoms with E-state index in [4.69, 9.17) is 10.2 Å². The summed E-state index contributed by atoms with van der Waals surface area (Å²) in [7, 11) is 1.15. The number of carbonyl (C=O) groups is 3. The lowest BCUT2D eigenvalue weighted by atomic mass is 10.0. The van der Waals surface area contributed by atoms with Crippen LogP contribution >= 0.6 is 0 Å². The summed E-state index contributed by atoms with van der Waals surface area (Å²) in [6, 6.07) is 1.76. The molecule has 0 heterocycles. The van der Waals surface area contributed by atoms with Crippen molar-refractivity contribution in [2.24, 2.45) is 0 Å². The number of rotatable bonds is 4. The molecule has 7 nitrogen and oxygen atoms in total. The van der Waals surface area contributed by atoms with E-state index in [2.05, 4.69) is 4.74 Å². The summed E-state index contributed by atoms with van der Waals surface area (Å²) in [4.78, 5) is 32.4. The smallest absolute Gasteiger partial charge is 0.377 e. The normalized spacial score (nSPS) is 9.71. The number of methoxy groups -OCH3 is 1. The number of carbonyl (C=O) groups excluding carboxylic acids is 1. The first kappa shape index (κ1) is 12.5. The molecular formula is C10H8O7. The highest BCUT2D eigenvalue weighted by Crippen LogP contribution is 2.31. The molecular weight excluding hydrogens is 232 g/mol. The number of hydrogen-bond donors (Lipinski definition) is 3. The van der Waals surface area contributed by atoms with E-state index in [9.17, 15) is 19.5 Å². The highest BCUT2D eigenvalue weighted by Gasteiger charge is 2.23. The Kier molecular flexibility index (Phi) is 3.32. The van der Waals surface area contributed by atoms with E-state index in [1.807, 2.05) is 0 Å². The van der Waals surface area contributed by atoms with Crippen molar-refractivity contribution in [3.63, 3.8) is 0 Å². The number of hydrogen-bond acceptors (Lipinski definition) is 5. The Balaban J connectivity index is 3.48. The van der Waals surface area contributed by atoms with Crippen LogP contribution in [0.1, 0.15) is 20.7 Å². The Morgan fingerprint density at radius 3 is 2.18 bits per heavy atom. The van der Waals surface area contributed by atoms with Crippen molar-refractivity contribution in [3.05, 3.63) is 23.3 Å². The lowest BCUT2D eigenvalue weighted by molar-refractivity contribution is -0.131. The molecule has 0 saturated carbocycles. The van der Waals surface area contributed by atoms with Gasteiger partial charge in [-0.2, -0.15) is 0 Å². The van der Waals surface area contributed by atoms with Gasteiger partial charge in [-0.25, -0.2) is 9.59 Å². The molecule has 0 aromatic heterocycles. The van der Waals surface area contributed by atoms with Crippen LogP contribution in [0, 0.1) is 0 Å². The molecule has 0 aliphatic rings. The molecule has 0 radical (unpaired) electrons. The Bertz CT molecular complexity index is 504. The highest BCUT2D eigenvalue weighted by molar-refractivity contribution is 6.40. The number of carboxylic acid groups (broad SMARTS) is 2. The first-order chi connectivity index (χ1) is 7.88. The lowest BCUT2D eigenvalue weighted by Gasteiger charge is -2.08. The second-order valence-corrected chi connectivity index (χ2v) is 3.01. The Morgan fingerprint density at radius 2 is 1.76 bits per heavy atom. The Labute approximate surface area is 94.9 Å². The molecule has 0 atom stereocenters. The summed E-state index contributed by atoms with van der Waals surface area (Å²) < 4.78 is 4.65. The maximum absolute atomic E-state index is 11.2. The van der Waals surface area contributed by atoms with E-state index < -0.39 is 29.0 Å². The first-order valence-electron chi connectivity index (χ1n) is 4.30. The van der Waals surface area contributed by atoms with E-state index in [0.29, 0.717) is 0 Å². The van der Waals surface area contributed by atoms with Crippen molar-refractivity contribution < 1.29 is 34.4 Å². The zero-order valence-electron chi connectivity index (χ0n) is 8.63. The monoisotopic (exact) mass is 240 g/mol. The van der Waals surface area contributed by atoms with Crippen molar-refractivity contribution in [2.45, 2.75) is 0 Å². The number of aliphatic carboxylic acids is 1. The third kappa shape index (κ3) is 2.33. The first-order valence-corrected chi connectivity index (χ1v) is 4.30. The predicted octanol–water partition coefficient (Wildman–Crippen LogP) is 0.366. The number of ketones is 1. The molecule has 0 bridgehead atoms. The maximum atomic E-state index is 11.2. The molecule has 0 fully saturated rings. The van der Waals surface area contributed by atoms with Crippen molar-refractivity contribution >= 4 is 17.7 Å². The lowest BCUT2D eigenvalue weighted by Crippen LogP contribution is -2.14. The number of Topliss-reactive ketones (excluding diaryl/α,β-unsaturated/α-hetero) is 1. The topological polar surface area (TPSA) is 121 Å². The Morgan fingerprint density at radius 1 is 1.18 bits per heavy atom. The molecule has 3 N–H and O–H groups in total. The number of aromatic hydroxyl groups is 1. The van der Waals surface area contributed by atoms with Gasteiger partial charge in [-0.05, 0) is 12.1 Å². The molecule has 0 aliphatic carbocycles. The zero-order valence-corrected chi connectivity index (χ0v) is 8.63. The number of ether oxygens (including phenoxy) is 1. The largest absolute Gasteiger partial charge is 0.504 e. The molecule has 0 amide bonds. The fourth-order valence-corrected chi connectivity index (χ4v) is 1.18. The van der Waals surface area contributed by atoms with Gasteiger partial charge in [-0.3, -0.25) is 4.79 Å². The van der Waals surface area contributed by atoms with Gasteiger partial charge in [0.2, 0.25) is 0 Å². The van der Waals surface area contributed by atoms with Crippen LogP contribution in [0.2, 0.25) is 0 Å². The third-order valence-electron chi connectivity index (χ3n) is 1.98. The van der Waals surface area contributed by atoms with E-state index in [0.717, 1.165) is 19.2 Å². The van der Waals surface area contributed by atoms with Gasteiger partial charge in [0.15, 0.2) is 11.5 Å². The van der Waals surface area contributed by atoms with Crippen LogP contribution < -0.4 is 4.74 Å². The van der Waals surface area contributed by atoms with Gasteiger partial charge in [-0.1, -0.05) is 0 Å². The van der Waals surface area contributed by atoms with Crippen LogP contribution in [0.3, 0.4) is 0 Å². The number of benzene rings is 1. The SMILES string of the molecule is COc1cc(C(=O)O)cc(C(=O)C(=O)O)c1O. The molecule has 90 valence electrons. The average Bonchev–Trinajstić information content (AvgIpc) is 2.27. The van der Waals surface area contributed by atoms with Crippen LogP contribution in [-0.2, 0) is 4.79 Å². The van der Waals surface area contributed by atoms with Gasteiger partial charge in [0.05, 0.1) is 18.2 Å². The van der Waals surface area contributed by atoms with Crippen LogP contribution in [0.25, 0.3) is 0 Å². The van der Waals surface area contributed by atoms with Gasteiger partial charge < -0.3 is 20.1 Å². The molecule has 7 heteroatoms. The van der Waals surface area contributed by atoms with Gasteiger partial charge in [0, 0.05) is 0 Å². The molecule has 17 heavy (non-hydrogen) atoms. The minimum Gasteiger partial charge on any atom is -0.504 e. The van der Waals surface area contributed by atoms with Crippen molar-refractivity contribution in [1.29, 1.82) is 0 Å². The second kappa shape index (κ2) is 4.52. The second-order valence-electron chi connectivity index (χ2n) is 3.01. The summed E-state index contributed by atoms with van der Waals surface area (Å²) >= 11 is 0. The van der Waals surface area contributed by atoms with Crippen molar-refractivity contribution in [2.75, 3.05) is 7.11 Å². The van der Waals surface area contributed by atoms with Gasteiger partial charge in [0.1, 0.15) is 0 Å². The summed E-state index contributed by atoms with van der Waals surface area (Å²) in [6.45, 7) is 0. The van der Waals surface area contributed by atoms with E-state index in [1.54, 1.807) is 0 Å². The summed E-state index contributed by atoms with van der Waals surface area (Å²) in [5, 5.41) is 26.8. The fourth-order valence-electron chi connectivity index (χ4n) is 1.18. The molecule has 0 spiro atoms. The Hall–Kier alpha value is -2.57. The summed E-state index contributed by atoms with van der Waals surface area (Å²) in [6.07, 6.45) is 0. The number of phenolic OH excluding ortho intramolecular Hbond substituents is 1. The van der Waals surface area contributed by atoms with Gasteiger partial charge >= 0.3 is 11.9 Å². The van der Waals surface area contributed by atoms with E-state index >= 15 is 0 Å². The number of aromatic carboxylic acids is 1. The number of carboxylic acids is 2. The zero-order chi connectivity index (χ0) is 13.2. The molecule has 1 aromatic carbocycles. The van der Waals surface area contributed by atoms with Crippen molar-refractivity contribution in [1.82, 2.24) is 0 Å². The van der Waals surface area contributed by atoms with Gasteiger partial charge in [-0.15, -0.1) is 0 Å². The van der Waals surface area contributed by atoms with E-state index in [-0.39, 0.29) is 11.3 Å². The van der Waals surface area contributed by atoms with Crippen LogP contribution in [0.5, 0.6) is 11.5 Å². The quantitative estimate of drug-likeness (QED) is 0.513. The van der Waals surface area contributed by atoms with Gasteiger partial charge in [0.25, 0.3) is 5.78 Å². The predicted molar refractivity (Wildman–Crippen MR) is 53.6 cm³/mol. The molecule has 0 saturated heterocycles. The average molecular weight is 240 g/mol. The van der Waals surface area contributed by atoms with Crippen molar-refractivity contribution in [3.8, 4) is 11.5 Å². The molecule has 1 aromatic rings. The minimum atomic E-state index is -1.80. The molecule has 0 aliphatic heterocycles. The van der Waals surface area contributed by atoms with Crippen LogP contribution in [0.4, 0.5) is 0 Å². The number of phenols is 1. The maximum Gasteiger partial charge on any atom is 0.377 e. The van der Waals surface area contributed by atoms with Crippen LogP contribution in [0.15, 0.2) is 12.1 Å². The minimum absolute atomic E-state index is 0.283. The molecule has 1 rings (SSSR count). The summed E-state index contributed by atoms with van der Waals surface area (Å²) in [5.74, 6) is -5.57. The standard InChI is InChI=1S/C10H8O7/c1-17-6-3-4(9(13)14)2-5(7(6)11)8(12)10(15)16/h2-3,11H,1H3,(H,13,14)(H,15,16). The van der Waals surface area contributed by atoms with Crippen LogP contribution in [-0.4, -0.2) is 40.2 Å². The van der Waals surface area contributed by atoms with E-state index in [1.165, 1.54) is 0 Å². The fraction of sp³-hybridized carbons (Fsp3) is 0.100. The molecule has 0 unspecified atom stereocenters. The highest BCUT2D eigenvalue weighted by atomic mass is 16.5. The third-order valence-corrected chi connectivity index (χ3v) is 1.98.